The highest BCUT2D eigenvalue weighted by atomic mass is 32.1. The number of rotatable bonds is 3. The molecule has 2 rings (SSSR count). The highest BCUT2D eigenvalue weighted by Gasteiger charge is 2.26. The number of hydrogen-bond donors (Lipinski definition) is 1. The summed E-state index contributed by atoms with van der Waals surface area (Å²) >= 11 is 1.07. The predicted octanol–water partition coefficient (Wildman–Crippen LogP) is 3.90. The van der Waals surface area contributed by atoms with Gasteiger partial charge in [-0.25, -0.2) is 31.7 Å². The van der Waals surface area contributed by atoms with Crippen molar-refractivity contribution in [2.45, 2.75) is 13.5 Å². The fraction of sp³-hybridized carbons (Fsp3) is 0.167. The molecule has 1 amide bonds. The van der Waals surface area contributed by atoms with Crippen molar-refractivity contribution in [2.75, 3.05) is 5.32 Å². The second-order valence-electron chi connectivity index (χ2n) is 4.04. The second-order valence-corrected chi connectivity index (χ2v) is 4.90. The maximum absolute atomic E-state index is 13.3. The molecule has 10 heteroatoms. The number of aromatic nitrogens is 1. The van der Waals surface area contributed by atoms with Crippen LogP contribution in [0.3, 0.4) is 0 Å². The molecule has 0 aliphatic heterocycles. The van der Waals surface area contributed by atoms with Gasteiger partial charge in [0.25, 0.3) is 0 Å². The molecule has 0 bridgehead atoms. The van der Waals surface area contributed by atoms with Crippen LogP contribution in [0.25, 0.3) is 0 Å². The van der Waals surface area contributed by atoms with Crippen LogP contribution in [0.2, 0.25) is 0 Å². The summed E-state index contributed by atoms with van der Waals surface area (Å²) in [5.74, 6) is -10.6. The third kappa shape index (κ3) is 3.16. The maximum atomic E-state index is 13.3. The Bertz CT molecular complexity index is 706. The first-order valence-corrected chi connectivity index (χ1v) is 6.55. The van der Waals surface area contributed by atoms with Crippen molar-refractivity contribution >= 4 is 22.6 Å². The molecule has 0 radical (unpaired) electrons. The smallest absolute Gasteiger partial charge is 0.413 e. The first-order chi connectivity index (χ1) is 10.3. The van der Waals surface area contributed by atoms with E-state index in [1.165, 1.54) is 0 Å². The van der Waals surface area contributed by atoms with Gasteiger partial charge in [-0.2, -0.15) is 0 Å². The van der Waals surface area contributed by atoms with Gasteiger partial charge in [-0.1, -0.05) is 0 Å². The lowest BCUT2D eigenvalue weighted by Gasteiger charge is -2.09. The Hall–Kier alpha value is -2.23. The van der Waals surface area contributed by atoms with Gasteiger partial charge < -0.3 is 4.74 Å². The molecule has 0 fully saturated rings. The van der Waals surface area contributed by atoms with Crippen LogP contribution >= 0.6 is 11.3 Å². The van der Waals surface area contributed by atoms with Crippen LogP contribution in [0.1, 0.15) is 11.3 Å². The Morgan fingerprint density at radius 3 is 2.18 bits per heavy atom. The van der Waals surface area contributed by atoms with Gasteiger partial charge in [-0.3, -0.25) is 5.32 Å². The van der Waals surface area contributed by atoms with Crippen LogP contribution in [0.4, 0.5) is 31.9 Å². The lowest BCUT2D eigenvalue weighted by atomic mass is 10.2. The fourth-order valence-corrected chi connectivity index (χ4v) is 2.12. The molecule has 4 nitrogen and oxygen atoms in total. The van der Waals surface area contributed by atoms with Gasteiger partial charge in [0.1, 0.15) is 6.61 Å². The molecule has 1 aromatic carbocycles. The summed E-state index contributed by atoms with van der Waals surface area (Å²) in [4.78, 5) is 15.3. The summed E-state index contributed by atoms with van der Waals surface area (Å²) in [5, 5.41) is 3.94. The van der Waals surface area contributed by atoms with E-state index in [1.54, 1.807) is 12.3 Å². The summed E-state index contributed by atoms with van der Waals surface area (Å²) in [6, 6.07) is 0. The lowest BCUT2D eigenvalue weighted by molar-refractivity contribution is 0.151. The van der Waals surface area contributed by atoms with Crippen LogP contribution < -0.4 is 5.32 Å². The van der Waals surface area contributed by atoms with Crippen molar-refractivity contribution in [1.29, 1.82) is 0 Å². The van der Waals surface area contributed by atoms with Crippen LogP contribution in [0, 0.1) is 36.0 Å². The van der Waals surface area contributed by atoms with Gasteiger partial charge in [-0.05, 0) is 6.92 Å². The summed E-state index contributed by atoms with van der Waals surface area (Å²) < 4.78 is 69.8. The van der Waals surface area contributed by atoms with Crippen molar-refractivity contribution in [2.24, 2.45) is 0 Å². The number of carbonyl (C=O) groups is 1. The Morgan fingerprint density at radius 1 is 1.14 bits per heavy atom. The number of benzene rings is 1. The van der Waals surface area contributed by atoms with E-state index in [0.717, 1.165) is 11.3 Å². The zero-order valence-electron chi connectivity index (χ0n) is 10.8. The molecular weight excluding hydrogens is 331 g/mol. The summed E-state index contributed by atoms with van der Waals surface area (Å²) in [7, 11) is 0. The molecule has 0 unspecified atom stereocenters. The second kappa shape index (κ2) is 6.26. The van der Waals surface area contributed by atoms with E-state index in [1.807, 2.05) is 0 Å². The molecule has 0 spiro atoms. The SMILES string of the molecule is Cc1csc(NC(=O)OCc2c(F)c(F)c(F)c(F)c2F)n1. The highest BCUT2D eigenvalue weighted by Crippen LogP contribution is 2.23. The number of aryl methyl sites for hydroxylation is 1. The van der Waals surface area contributed by atoms with Gasteiger partial charge >= 0.3 is 6.09 Å². The molecule has 2 aromatic rings. The molecule has 1 N–H and O–H groups in total. The van der Waals surface area contributed by atoms with Crippen LogP contribution in [0.15, 0.2) is 5.38 Å². The molecule has 118 valence electrons. The van der Waals surface area contributed by atoms with E-state index in [-0.39, 0.29) is 5.13 Å². The number of nitrogens with one attached hydrogen (secondary N) is 1. The average Bonchev–Trinajstić information content (AvgIpc) is 2.88. The number of thiazole rings is 1. The van der Waals surface area contributed by atoms with Crippen LogP contribution in [0.5, 0.6) is 0 Å². The molecule has 1 aromatic heterocycles. The lowest BCUT2D eigenvalue weighted by Crippen LogP contribution is -2.16. The molecule has 22 heavy (non-hydrogen) atoms. The minimum absolute atomic E-state index is 0.167. The summed E-state index contributed by atoms with van der Waals surface area (Å²) in [6.07, 6.45) is -1.14. The van der Waals surface area contributed by atoms with Crippen LogP contribution in [-0.4, -0.2) is 11.1 Å². The molecule has 0 saturated carbocycles. The molecule has 0 aliphatic carbocycles. The van der Waals surface area contributed by atoms with E-state index in [2.05, 4.69) is 15.0 Å². The van der Waals surface area contributed by atoms with Crippen LogP contribution in [-0.2, 0) is 11.3 Å². The topological polar surface area (TPSA) is 51.2 Å². The van der Waals surface area contributed by atoms with Crippen molar-refractivity contribution < 1.29 is 31.5 Å². The number of ether oxygens (including phenoxy) is 1. The third-order valence-corrected chi connectivity index (χ3v) is 3.35. The van der Waals surface area contributed by atoms with Gasteiger partial charge in [0.05, 0.1) is 11.3 Å². The predicted molar refractivity (Wildman–Crippen MR) is 66.9 cm³/mol. The molecule has 0 aliphatic rings. The van der Waals surface area contributed by atoms with E-state index in [4.69, 9.17) is 0 Å². The molecular formula is C12H7F5N2O2S. The molecule has 1 heterocycles. The van der Waals surface area contributed by atoms with E-state index in [9.17, 15) is 26.7 Å². The quantitative estimate of drug-likeness (QED) is 0.525. The Balaban J connectivity index is 2.10. The number of carbonyl (C=O) groups excluding carboxylic acids is 1. The molecule has 0 saturated heterocycles. The first kappa shape index (κ1) is 16.1. The summed E-state index contributed by atoms with van der Waals surface area (Å²) in [6.45, 7) is 0.545. The normalized spacial score (nSPS) is 10.6. The highest BCUT2D eigenvalue weighted by molar-refractivity contribution is 7.13. The number of amides is 1. The number of halogens is 5. The van der Waals surface area contributed by atoms with Crippen molar-refractivity contribution in [3.8, 4) is 0 Å². The Labute approximate surface area is 124 Å². The Morgan fingerprint density at radius 2 is 1.68 bits per heavy atom. The number of anilines is 1. The van der Waals surface area contributed by atoms with Crippen molar-refractivity contribution in [1.82, 2.24) is 4.98 Å². The van der Waals surface area contributed by atoms with Crippen molar-refractivity contribution in [3.05, 3.63) is 45.7 Å². The largest absolute Gasteiger partial charge is 0.444 e. The van der Waals surface area contributed by atoms with E-state index in [0.29, 0.717) is 5.69 Å². The van der Waals surface area contributed by atoms with Gasteiger partial charge in [0, 0.05) is 5.38 Å². The maximum Gasteiger partial charge on any atom is 0.413 e. The molecule has 0 atom stereocenters. The number of hydrogen-bond acceptors (Lipinski definition) is 4. The van der Waals surface area contributed by atoms with E-state index >= 15 is 0 Å². The number of nitrogens with zero attached hydrogens (tertiary/aromatic N) is 1. The summed E-state index contributed by atoms with van der Waals surface area (Å²) in [5.41, 5.74) is -0.609. The fourth-order valence-electron chi connectivity index (χ4n) is 1.45. The zero-order chi connectivity index (χ0) is 16.4. The zero-order valence-corrected chi connectivity index (χ0v) is 11.7. The minimum atomic E-state index is -2.28. The van der Waals surface area contributed by atoms with Crippen molar-refractivity contribution in [3.63, 3.8) is 0 Å². The minimum Gasteiger partial charge on any atom is -0.444 e. The standard InChI is InChI=1S/C12H7F5N2O2S/c1-4-3-22-11(18-4)19-12(20)21-2-5-6(13)8(15)10(17)9(16)7(5)14/h3H,2H2,1H3,(H,18,19,20). The van der Waals surface area contributed by atoms with E-state index < -0.39 is 47.3 Å². The monoisotopic (exact) mass is 338 g/mol. The van der Waals surface area contributed by atoms with Gasteiger partial charge in [0.15, 0.2) is 28.4 Å². The Kier molecular flexibility index (Phi) is 4.59. The van der Waals surface area contributed by atoms with Gasteiger partial charge in [0.2, 0.25) is 5.82 Å². The van der Waals surface area contributed by atoms with Gasteiger partial charge in [-0.15, -0.1) is 11.3 Å². The third-order valence-electron chi connectivity index (χ3n) is 2.48. The first-order valence-electron chi connectivity index (χ1n) is 5.67. The average molecular weight is 338 g/mol.